The van der Waals surface area contributed by atoms with Crippen LogP contribution in [0.5, 0.6) is 0 Å². The van der Waals surface area contributed by atoms with Gasteiger partial charge in [-0.15, -0.1) is 0 Å². The van der Waals surface area contributed by atoms with Crippen molar-refractivity contribution in [2.45, 2.75) is 18.9 Å². The first-order valence-electron chi connectivity index (χ1n) is 6.24. The number of ether oxygens (including phenoxy) is 1. The number of nitrogens with two attached hydrogens (primary N) is 2. The summed E-state index contributed by atoms with van der Waals surface area (Å²) in [7, 11) is 1.52. The fourth-order valence-electron chi connectivity index (χ4n) is 1.83. The Bertz CT molecular complexity index is 469. The highest BCUT2D eigenvalue weighted by Crippen LogP contribution is 2.21. The molecule has 1 aromatic rings. The van der Waals surface area contributed by atoms with Crippen LogP contribution in [-0.4, -0.2) is 32.2 Å². The number of carbonyl (C=O) groups is 1. The lowest BCUT2D eigenvalue weighted by molar-refractivity contribution is 0.0996. The molecule has 0 spiro atoms. The number of amides is 1. The fraction of sp³-hybridized carbons (Fsp3) is 0.462. The molecule has 1 atom stereocenters. The summed E-state index contributed by atoms with van der Waals surface area (Å²) >= 11 is 0. The lowest BCUT2D eigenvalue weighted by Gasteiger charge is -2.19. The van der Waals surface area contributed by atoms with Gasteiger partial charge in [-0.2, -0.15) is 0 Å². The Labute approximate surface area is 116 Å². The smallest absolute Gasteiger partial charge is 0.251 e. The van der Waals surface area contributed by atoms with E-state index in [4.69, 9.17) is 16.2 Å². The standard InChI is InChI=1S/C13H19F2N3O2/c1-20-7-8(3-2-4-16)18-12-5-9(13(17)19)10(14)6-11(12)15/h5-6,8,18H,2-4,7,16H2,1H3,(H2,17,19). The second kappa shape index (κ2) is 7.76. The summed E-state index contributed by atoms with van der Waals surface area (Å²) < 4.78 is 32.1. The number of hydrogen-bond donors (Lipinski definition) is 3. The minimum atomic E-state index is -0.981. The second-order valence-electron chi connectivity index (χ2n) is 4.40. The van der Waals surface area contributed by atoms with E-state index in [1.54, 1.807) is 0 Å². The van der Waals surface area contributed by atoms with E-state index >= 15 is 0 Å². The molecule has 5 nitrogen and oxygen atoms in total. The van der Waals surface area contributed by atoms with Gasteiger partial charge in [0.1, 0.15) is 11.6 Å². The average Bonchev–Trinajstić information content (AvgIpc) is 2.38. The maximum absolute atomic E-state index is 13.7. The molecule has 0 saturated carbocycles. The predicted octanol–water partition coefficient (Wildman–Crippen LogP) is 1.23. The van der Waals surface area contributed by atoms with Gasteiger partial charge in [-0.1, -0.05) is 0 Å². The van der Waals surface area contributed by atoms with Gasteiger partial charge in [-0.25, -0.2) is 8.78 Å². The summed E-state index contributed by atoms with van der Waals surface area (Å²) in [5, 5.41) is 2.88. The molecule has 1 aromatic carbocycles. The summed E-state index contributed by atoms with van der Waals surface area (Å²) in [6, 6.07) is 1.51. The minimum absolute atomic E-state index is 0.0132. The van der Waals surface area contributed by atoms with Gasteiger partial charge in [0, 0.05) is 19.2 Å². The largest absolute Gasteiger partial charge is 0.383 e. The van der Waals surface area contributed by atoms with Crippen LogP contribution < -0.4 is 16.8 Å². The van der Waals surface area contributed by atoms with Gasteiger partial charge in [0.2, 0.25) is 0 Å². The number of carbonyl (C=O) groups excluding carboxylic acids is 1. The highest BCUT2D eigenvalue weighted by atomic mass is 19.1. The highest BCUT2D eigenvalue weighted by molar-refractivity contribution is 5.94. The third kappa shape index (κ3) is 4.43. The Hall–Kier alpha value is -1.73. The topological polar surface area (TPSA) is 90.4 Å². The molecule has 5 N–H and O–H groups in total. The maximum Gasteiger partial charge on any atom is 0.251 e. The number of rotatable bonds is 8. The number of primary amides is 1. The first-order chi connectivity index (χ1) is 9.49. The molecule has 1 amide bonds. The molecular formula is C13H19F2N3O2. The zero-order valence-corrected chi connectivity index (χ0v) is 11.3. The van der Waals surface area contributed by atoms with Crippen molar-refractivity contribution in [1.82, 2.24) is 0 Å². The molecule has 1 rings (SSSR count). The van der Waals surface area contributed by atoms with Crippen molar-refractivity contribution in [2.24, 2.45) is 11.5 Å². The van der Waals surface area contributed by atoms with Crippen molar-refractivity contribution < 1.29 is 18.3 Å². The third-order valence-corrected chi connectivity index (χ3v) is 2.81. The molecule has 20 heavy (non-hydrogen) atoms. The SMILES string of the molecule is COCC(CCCN)Nc1cc(C(N)=O)c(F)cc1F. The van der Waals surface area contributed by atoms with Gasteiger partial charge in [0.15, 0.2) is 0 Å². The van der Waals surface area contributed by atoms with Crippen molar-refractivity contribution in [1.29, 1.82) is 0 Å². The van der Waals surface area contributed by atoms with E-state index in [-0.39, 0.29) is 17.3 Å². The molecule has 0 radical (unpaired) electrons. The molecule has 0 aliphatic heterocycles. The number of benzene rings is 1. The van der Waals surface area contributed by atoms with Gasteiger partial charge in [0.25, 0.3) is 5.91 Å². The Morgan fingerprint density at radius 1 is 1.40 bits per heavy atom. The van der Waals surface area contributed by atoms with Gasteiger partial charge in [-0.05, 0) is 25.5 Å². The van der Waals surface area contributed by atoms with Gasteiger partial charge < -0.3 is 21.5 Å². The Morgan fingerprint density at radius 3 is 2.65 bits per heavy atom. The van der Waals surface area contributed by atoms with E-state index in [9.17, 15) is 13.6 Å². The van der Waals surface area contributed by atoms with E-state index in [1.807, 2.05) is 0 Å². The average molecular weight is 287 g/mol. The van der Waals surface area contributed by atoms with Crippen LogP contribution in [0, 0.1) is 11.6 Å². The van der Waals surface area contributed by atoms with Crippen LogP contribution in [0.4, 0.5) is 14.5 Å². The Kier molecular flexibility index (Phi) is 6.33. The van der Waals surface area contributed by atoms with E-state index in [0.717, 1.165) is 12.5 Å². The maximum atomic E-state index is 13.7. The van der Waals surface area contributed by atoms with Crippen LogP contribution in [0.15, 0.2) is 12.1 Å². The van der Waals surface area contributed by atoms with Crippen LogP contribution in [0.2, 0.25) is 0 Å². The molecule has 0 bridgehead atoms. The van der Waals surface area contributed by atoms with Crippen LogP contribution >= 0.6 is 0 Å². The van der Waals surface area contributed by atoms with Crippen LogP contribution in [0.25, 0.3) is 0 Å². The molecule has 7 heteroatoms. The van der Waals surface area contributed by atoms with E-state index in [2.05, 4.69) is 5.32 Å². The summed E-state index contributed by atoms with van der Waals surface area (Å²) in [5.74, 6) is -2.72. The summed E-state index contributed by atoms with van der Waals surface area (Å²) in [6.07, 6.45) is 1.39. The molecule has 0 aliphatic rings. The first kappa shape index (κ1) is 16.3. The Morgan fingerprint density at radius 2 is 2.10 bits per heavy atom. The number of halogens is 2. The first-order valence-corrected chi connectivity index (χ1v) is 6.24. The third-order valence-electron chi connectivity index (χ3n) is 2.81. The second-order valence-corrected chi connectivity index (χ2v) is 4.40. The quantitative estimate of drug-likeness (QED) is 0.670. The fourth-order valence-corrected chi connectivity index (χ4v) is 1.83. The lowest BCUT2D eigenvalue weighted by Crippen LogP contribution is -2.27. The molecular weight excluding hydrogens is 268 g/mol. The molecule has 0 aliphatic carbocycles. The zero-order valence-electron chi connectivity index (χ0n) is 11.3. The molecule has 0 saturated heterocycles. The van der Waals surface area contributed by atoms with Gasteiger partial charge in [0.05, 0.1) is 17.9 Å². The highest BCUT2D eigenvalue weighted by Gasteiger charge is 2.16. The van der Waals surface area contributed by atoms with Crippen molar-refractivity contribution in [3.8, 4) is 0 Å². The van der Waals surface area contributed by atoms with Crippen LogP contribution in [0.1, 0.15) is 23.2 Å². The Balaban J connectivity index is 2.93. The van der Waals surface area contributed by atoms with Gasteiger partial charge in [-0.3, -0.25) is 4.79 Å². The number of methoxy groups -OCH3 is 1. The van der Waals surface area contributed by atoms with Crippen LogP contribution in [-0.2, 0) is 4.74 Å². The lowest BCUT2D eigenvalue weighted by atomic mass is 10.1. The number of nitrogens with one attached hydrogen (secondary N) is 1. The molecule has 0 fully saturated rings. The summed E-state index contributed by atoms with van der Waals surface area (Å²) in [5.41, 5.74) is 10.1. The monoisotopic (exact) mass is 287 g/mol. The van der Waals surface area contributed by atoms with Gasteiger partial charge >= 0.3 is 0 Å². The summed E-state index contributed by atoms with van der Waals surface area (Å²) in [4.78, 5) is 11.1. The molecule has 112 valence electrons. The van der Waals surface area contributed by atoms with Crippen molar-refractivity contribution in [3.05, 3.63) is 29.3 Å². The zero-order chi connectivity index (χ0) is 15.1. The van der Waals surface area contributed by atoms with Crippen LogP contribution in [0.3, 0.4) is 0 Å². The van der Waals surface area contributed by atoms with E-state index in [0.29, 0.717) is 25.6 Å². The van der Waals surface area contributed by atoms with E-state index < -0.39 is 17.5 Å². The predicted molar refractivity (Wildman–Crippen MR) is 72.5 cm³/mol. The van der Waals surface area contributed by atoms with E-state index in [1.165, 1.54) is 7.11 Å². The molecule has 1 unspecified atom stereocenters. The number of anilines is 1. The summed E-state index contributed by atoms with van der Waals surface area (Å²) in [6.45, 7) is 0.836. The van der Waals surface area contributed by atoms with Crippen molar-refractivity contribution in [3.63, 3.8) is 0 Å². The molecule has 0 heterocycles. The molecule has 0 aromatic heterocycles. The van der Waals surface area contributed by atoms with Crippen molar-refractivity contribution in [2.75, 3.05) is 25.6 Å². The normalized spacial score (nSPS) is 12.2. The van der Waals surface area contributed by atoms with Crippen molar-refractivity contribution >= 4 is 11.6 Å². The number of hydrogen-bond acceptors (Lipinski definition) is 4. The minimum Gasteiger partial charge on any atom is -0.383 e.